The Bertz CT molecular complexity index is 520. The highest BCUT2D eigenvalue weighted by molar-refractivity contribution is 5.88. The lowest BCUT2D eigenvalue weighted by atomic mass is 10.2. The van der Waals surface area contributed by atoms with Gasteiger partial charge in [0.25, 0.3) is 5.56 Å². The largest absolute Gasteiger partial charge is 0.354 e. The molecule has 0 spiro atoms. The van der Waals surface area contributed by atoms with E-state index in [4.69, 9.17) is 0 Å². The van der Waals surface area contributed by atoms with E-state index in [1.165, 1.54) is 23.8 Å². The zero-order chi connectivity index (χ0) is 14.4. The van der Waals surface area contributed by atoms with Crippen molar-refractivity contribution in [3.05, 3.63) is 28.7 Å². The molecule has 0 radical (unpaired) electrons. The average Bonchev–Trinajstić information content (AvgIpc) is 2.31. The van der Waals surface area contributed by atoms with Crippen LogP contribution in [0.25, 0.3) is 0 Å². The van der Waals surface area contributed by atoms with E-state index in [1.807, 2.05) is 13.8 Å². The first-order valence-corrected chi connectivity index (χ1v) is 6.14. The second kappa shape index (κ2) is 6.72. The van der Waals surface area contributed by atoms with Gasteiger partial charge in [0.15, 0.2) is 0 Å². The minimum Gasteiger partial charge on any atom is -0.354 e. The molecule has 2 amide bonds. The second-order valence-corrected chi connectivity index (χ2v) is 4.73. The standard InChI is InChI=1S/C13H19N3O3/c1-9(2)7-14-12(18)8-16-6-4-5-11(13(16)19)15-10(3)17/h4-6,9H,7-8H2,1-3H3,(H,14,18)(H,15,17). The maximum atomic E-state index is 11.9. The van der Waals surface area contributed by atoms with Crippen molar-refractivity contribution < 1.29 is 9.59 Å². The van der Waals surface area contributed by atoms with E-state index in [0.29, 0.717) is 12.5 Å². The van der Waals surface area contributed by atoms with Gasteiger partial charge >= 0.3 is 0 Å². The smallest absolute Gasteiger partial charge is 0.274 e. The molecule has 6 nitrogen and oxygen atoms in total. The topological polar surface area (TPSA) is 80.2 Å². The summed E-state index contributed by atoms with van der Waals surface area (Å²) in [7, 11) is 0. The third-order valence-corrected chi connectivity index (χ3v) is 2.35. The molecule has 0 saturated carbocycles. The summed E-state index contributed by atoms with van der Waals surface area (Å²) in [6, 6.07) is 3.12. The monoisotopic (exact) mass is 265 g/mol. The Labute approximate surface area is 111 Å². The van der Waals surface area contributed by atoms with Gasteiger partial charge in [-0.25, -0.2) is 0 Å². The van der Waals surface area contributed by atoms with E-state index in [-0.39, 0.29) is 24.0 Å². The zero-order valence-corrected chi connectivity index (χ0v) is 11.4. The summed E-state index contributed by atoms with van der Waals surface area (Å²) in [6.07, 6.45) is 1.52. The number of anilines is 1. The van der Waals surface area contributed by atoms with Gasteiger partial charge in [0, 0.05) is 19.7 Å². The molecule has 0 unspecified atom stereocenters. The van der Waals surface area contributed by atoms with Crippen LogP contribution in [-0.2, 0) is 16.1 Å². The molecule has 0 atom stereocenters. The van der Waals surface area contributed by atoms with Gasteiger partial charge in [-0.15, -0.1) is 0 Å². The van der Waals surface area contributed by atoms with Crippen molar-refractivity contribution in [2.75, 3.05) is 11.9 Å². The molecule has 0 fully saturated rings. The first kappa shape index (κ1) is 14.9. The number of hydrogen-bond acceptors (Lipinski definition) is 3. The molecule has 0 saturated heterocycles. The summed E-state index contributed by atoms with van der Waals surface area (Å²) < 4.78 is 1.26. The predicted octanol–water partition coefficient (Wildman–Crippen LogP) is 0.579. The fourth-order valence-electron chi connectivity index (χ4n) is 1.47. The maximum Gasteiger partial charge on any atom is 0.274 e. The Morgan fingerprint density at radius 1 is 1.37 bits per heavy atom. The van der Waals surface area contributed by atoms with E-state index in [9.17, 15) is 14.4 Å². The van der Waals surface area contributed by atoms with Crippen molar-refractivity contribution in [1.29, 1.82) is 0 Å². The molecule has 1 aromatic heterocycles. The zero-order valence-electron chi connectivity index (χ0n) is 11.4. The van der Waals surface area contributed by atoms with Crippen LogP contribution in [0.2, 0.25) is 0 Å². The Balaban J connectivity index is 2.76. The van der Waals surface area contributed by atoms with Crippen molar-refractivity contribution in [3.63, 3.8) is 0 Å². The van der Waals surface area contributed by atoms with Crippen molar-refractivity contribution in [2.24, 2.45) is 5.92 Å². The van der Waals surface area contributed by atoms with Crippen molar-refractivity contribution in [1.82, 2.24) is 9.88 Å². The van der Waals surface area contributed by atoms with Crippen LogP contribution in [0.1, 0.15) is 20.8 Å². The fourth-order valence-corrected chi connectivity index (χ4v) is 1.47. The third-order valence-electron chi connectivity index (χ3n) is 2.35. The normalized spacial score (nSPS) is 10.3. The van der Waals surface area contributed by atoms with Crippen LogP contribution in [0.5, 0.6) is 0 Å². The summed E-state index contributed by atoms with van der Waals surface area (Å²) in [6.45, 7) is 5.82. The van der Waals surface area contributed by atoms with Gasteiger partial charge in [-0.2, -0.15) is 0 Å². The van der Waals surface area contributed by atoms with Gasteiger partial charge in [0.05, 0.1) is 0 Å². The van der Waals surface area contributed by atoms with E-state index >= 15 is 0 Å². The van der Waals surface area contributed by atoms with Gasteiger partial charge in [-0.1, -0.05) is 13.8 Å². The highest BCUT2D eigenvalue weighted by atomic mass is 16.2. The quantitative estimate of drug-likeness (QED) is 0.817. The molecule has 0 aliphatic heterocycles. The van der Waals surface area contributed by atoms with Crippen LogP contribution in [0, 0.1) is 5.92 Å². The summed E-state index contributed by atoms with van der Waals surface area (Å²) in [4.78, 5) is 34.5. The van der Waals surface area contributed by atoms with Gasteiger partial charge in [-0.05, 0) is 18.1 Å². The number of nitrogens with one attached hydrogen (secondary N) is 2. The van der Waals surface area contributed by atoms with Gasteiger partial charge < -0.3 is 15.2 Å². The number of pyridine rings is 1. The number of amides is 2. The Kier molecular flexibility index (Phi) is 5.29. The van der Waals surface area contributed by atoms with Crippen LogP contribution >= 0.6 is 0 Å². The van der Waals surface area contributed by atoms with Crippen LogP contribution in [0.3, 0.4) is 0 Å². The van der Waals surface area contributed by atoms with Crippen molar-refractivity contribution in [3.8, 4) is 0 Å². The highest BCUT2D eigenvalue weighted by Gasteiger charge is 2.08. The van der Waals surface area contributed by atoms with E-state index < -0.39 is 5.56 Å². The molecule has 1 rings (SSSR count). The molecule has 104 valence electrons. The van der Waals surface area contributed by atoms with Crippen LogP contribution < -0.4 is 16.2 Å². The number of aromatic nitrogens is 1. The summed E-state index contributed by atoms with van der Waals surface area (Å²) in [5, 5.41) is 5.16. The fraction of sp³-hybridized carbons (Fsp3) is 0.462. The van der Waals surface area contributed by atoms with Crippen LogP contribution in [-0.4, -0.2) is 22.9 Å². The molecular weight excluding hydrogens is 246 g/mol. The molecule has 0 aliphatic rings. The number of rotatable bonds is 5. The van der Waals surface area contributed by atoms with Crippen LogP contribution in [0.4, 0.5) is 5.69 Å². The minimum absolute atomic E-state index is 0.0566. The van der Waals surface area contributed by atoms with Gasteiger partial charge in [0.1, 0.15) is 12.2 Å². The lowest BCUT2D eigenvalue weighted by Gasteiger charge is -2.10. The SMILES string of the molecule is CC(=O)Nc1cccn(CC(=O)NCC(C)C)c1=O. The average molecular weight is 265 g/mol. The van der Waals surface area contributed by atoms with E-state index in [2.05, 4.69) is 10.6 Å². The summed E-state index contributed by atoms with van der Waals surface area (Å²) >= 11 is 0. The number of nitrogens with zero attached hydrogens (tertiary/aromatic N) is 1. The Morgan fingerprint density at radius 2 is 2.05 bits per heavy atom. The molecule has 0 aliphatic carbocycles. The predicted molar refractivity (Wildman–Crippen MR) is 72.9 cm³/mol. The highest BCUT2D eigenvalue weighted by Crippen LogP contribution is 1.98. The summed E-state index contributed by atoms with van der Waals surface area (Å²) in [5.41, 5.74) is -0.218. The Hall–Kier alpha value is -2.11. The molecule has 1 heterocycles. The number of carbonyl (C=O) groups is 2. The lowest BCUT2D eigenvalue weighted by Crippen LogP contribution is -2.34. The maximum absolute atomic E-state index is 11.9. The number of hydrogen-bond donors (Lipinski definition) is 2. The van der Waals surface area contributed by atoms with E-state index in [0.717, 1.165) is 0 Å². The van der Waals surface area contributed by atoms with Crippen molar-refractivity contribution >= 4 is 17.5 Å². The first-order valence-electron chi connectivity index (χ1n) is 6.14. The van der Waals surface area contributed by atoms with Gasteiger partial charge in [-0.3, -0.25) is 14.4 Å². The molecule has 1 aromatic rings. The molecular formula is C13H19N3O3. The van der Waals surface area contributed by atoms with Crippen molar-refractivity contribution in [2.45, 2.75) is 27.3 Å². The first-order chi connectivity index (χ1) is 8.90. The molecule has 19 heavy (non-hydrogen) atoms. The van der Waals surface area contributed by atoms with Gasteiger partial charge in [0.2, 0.25) is 11.8 Å². The van der Waals surface area contributed by atoms with Crippen LogP contribution in [0.15, 0.2) is 23.1 Å². The Morgan fingerprint density at radius 3 is 2.63 bits per heavy atom. The summed E-state index contributed by atoms with van der Waals surface area (Å²) in [5.74, 6) is -0.193. The lowest BCUT2D eigenvalue weighted by molar-refractivity contribution is -0.121. The second-order valence-electron chi connectivity index (χ2n) is 4.73. The molecule has 6 heteroatoms. The molecule has 0 bridgehead atoms. The minimum atomic E-state index is -0.391. The molecule has 0 aromatic carbocycles. The molecule has 2 N–H and O–H groups in total. The number of carbonyl (C=O) groups excluding carboxylic acids is 2. The van der Waals surface area contributed by atoms with E-state index in [1.54, 1.807) is 6.07 Å². The third kappa shape index (κ3) is 4.95.